The molecule has 0 radical (unpaired) electrons. The molecule has 138 valence electrons. The molecule has 0 heterocycles. The molecular formula is C21H23ClFNO2. The fourth-order valence-electron chi connectivity index (χ4n) is 3.00. The van der Waals surface area contributed by atoms with Crippen molar-refractivity contribution in [2.75, 3.05) is 6.54 Å². The summed E-state index contributed by atoms with van der Waals surface area (Å²) in [7, 11) is 0. The van der Waals surface area contributed by atoms with Gasteiger partial charge in [-0.25, -0.2) is 4.39 Å². The van der Waals surface area contributed by atoms with Gasteiger partial charge in [-0.05, 0) is 54.2 Å². The zero-order valence-corrected chi connectivity index (χ0v) is 16.0. The van der Waals surface area contributed by atoms with E-state index in [1.54, 1.807) is 6.92 Å². The third-order valence-corrected chi connectivity index (χ3v) is 4.64. The van der Waals surface area contributed by atoms with E-state index in [0.29, 0.717) is 29.1 Å². The van der Waals surface area contributed by atoms with Crippen LogP contribution in [0.5, 0.6) is 0 Å². The molecule has 0 aromatic heterocycles. The zero-order chi connectivity index (χ0) is 19.3. The lowest BCUT2D eigenvalue weighted by Crippen LogP contribution is -2.28. The summed E-state index contributed by atoms with van der Waals surface area (Å²) >= 11 is 6.00. The maximum atomic E-state index is 13.3. The Morgan fingerprint density at radius 2 is 1.92 bits per heavy atom. The maximum absolute atomic E-state index is 13.3. The van der Waals surface area contributed by atoms with Gasteiger partial charge in [0.05, 0.1) is 6.42 Å². The van der Waals surface area contributed by atoms with Gasteiger partial charge in [0.15, 0.2) is 5.78 Å². The average Bonchev–Trinajstić information content (AvgIpc) is 2.57. The van der Waals surface area contributed by atoms with E-state index in [0.717, 1.165) is 11.1 Å². The van der Waals surface area contributed by atoms with Gasteiger partial charge in [0.25, 0.3) is 0 Å². The van der Waals surface area contributed by atoms with Crippen LogP contribution in [0.15, 0.2) is 36.4 Å². The highest BCUT2D eigenvalue weighted by atomic mass is 35.5. The van der Waals surface area contributed by atoms with Gasteiger partial charge in [0.2, 0.25) is 5.91 Å². The fourth-order valence-corrected chi connectivity index (χ4v) is 3.18. The summed E-state index contributed by atoms with van der Waals surface area (Å²) in [5.41, 5.74) is 3.23. The third-order valence-electron chi connectivity index (χ3n) is 4.27. The summed E-state index contributed by atoms with van der Waals surface area (Å²) < 4.78 is 13.3. The Kier molecular flexibility index (Phi) is 6.92. The van der Waals surface area contributed by atoms with Crippen LogP contribution in [0.4, 0.5) is 4.39 Å². The summed E-state index contributed by atoms with van der Waals surface area (Å²) in [6.45, 7) is 6.10. The minimum Gasteiger partial charge on any atom is -0.355 e. The van der Waals surface area contributed by atoms with Crippen LogP contribution in [0.1, 0.15) is 53.7 Å². The Morgan fingerprint density at radius 1 is 1.19 bits per heavy atom. The van der Waals surface area contributed by atoms with Crippen molar-refractivity contribution >= 4 is 23.3 Å². The molecule has 2 aromatic carbocycles. The van der Waals surface area contributed by atoms with Crippen molar-refractivity contribution in [1.82, 2.24) is 5.32 Å². The highest BCUT2D eigenvalue weighted by Crippen LogP contribution is 2.24. The van der Waals surface area contributed by atoms with Crippen LogP contribution in [0.3, 0.4) is 0 Å². The molecule has 0 fully saturated rings. The van der Waals surface area contributed by atoms with E-state index in [1.807, 2.05) is 18.2 Å². The van der Waals surface area contributed by atoms with Crippen LogP contribution in [0.2, 0.25) is 5.02 Å². The number of hydrogen-bond donors (Lipinski definition) is 1. The van der Waals surface area contributed by atoms with E-state index in [9.17, 15) is 14.0 Å². The van der Waals surface area contributed by atoms with Crippen molar-refractivity contribution in [3.8, 4) is 0 Å². The minimum absolute atomic E-state index is 0.0142. The maximum Gasteiger partial charge on any atom is 0.224 e. The molecule has 0 saturated carbocycles. The summed E-state index contributed by atoms with van der Waals surface area (Å²) in [4.78, 5) is 24.1. The van der Waals surface area contributed by atoms with Crippen molar-refractivity contribution in [3.63, 3.8) is 0 Å². The van der Waals surface area contributed by atoms with E-state index in [-0.39, 0.29) is 24.0 Å². The molecule has 0 bridgehead atoms. The second-order valence-corrected chi connectivity index (χ2v) is 7.00. The molecule has 0 aliphatic rings. The van der Waals surface area contributed by atoms with Crippen LogP contribution in [-0.2, 0) is 17.6 Å². The number of hydrogen-bond acceptors (Lipinski definition) is 2. The number of benzene rings is 2. The van der Waals surface area contributed by atoms with E-state index in [4.69, 9.17) is 11.6 Å². The van der Waals surface area contributed by atoms with Crippen molar-refractivity contribution in [3.05, 3.63) is 69.5 Å². The van der Waals surface area contributed by atoms with Gasteiger partial charge in [-0.3, -0.25) is 9.59 Å². The number of rotatable bonds is 7. The predicted molar refractivity (Wildman–Crippen MR) is 102 cm³/mol. The third kappa shape index (κ3) is 5.15. The van der Waals surface area contributed by atoms with Crippen LogP contribution < -0.4 is 5.32 Å². The minimum atomic E-state index is -0.422. The number of nitrogens with one attached hydrogen (secondary N) is 1. The number of ketones is 1. The van der Waals surface area contributed by atoms with Gasteiger partial charge < -0.3 is 5.32 Å². The molecule has 2 rings (SSSR count). The quantitative estimate of drug-likeness (QED) is 0.712. The molecule has 2 aromatic rings. The average molecular weight is 376 g/mol. The predicted octanol–water partition coefficient (Wildman–Crippen LogP) is 4.71. The lowest BCUT2D eigenvalue weighted by atomic mass is 9.90. The van der Waals surface area contributed by atoms with Gasteiger partial charge in [-0.2, -0.15) is 0 Å². The monoisotopic (exact) mass is 375 g/mol. The SMILES string of the molecule is CC(=O)c1cccc(C(C)C)c1CCNC(=O)Cc1cc(F)ccc1Cl. The van der Waals surface area contributed by atoms with Crippen LogP contribution in [0.25, 0.3) is 0 Å². The fraction of sp³-hybridized carbons (Fsp3) is 0.333. The first-order chi connectivity index (χ1) is 12.3. The molecule has 1 N–H and O–H groups in total. The Balaban J connectivity index is 2.04. The van der Waals surface area contributed by atoms with Crippen molar-refractivity contribution in [1.29, 1.82) is 0 Å². The molecule has 0 saturated heterocycles. The summed E-state index contributed by atoms with van der Waals surface area (Å²) in [5.74, 6) is -0.357. The Hall–Kier alpha value is -2.20. The highest BCUT2D eigenvalue weighted by Gasteiger charge is 2.14. The lowest BCUT2D eigenvalue weighted by Gasteiger charge is -2.16. The van der Waals surface area contributed by atoms with Crippen molar-refractivity contribution in [2.24, 2.45) is 0 Å². The number of halogens is 2. The first-order valence-corrected chi connectivity index (χ1v) is 9.00. The number of carbonyl (C=O) groups is 2. The zero-order valence-electron chi connectivity index (χ0n) is 15.2. The lowest BCUT2D eigenvalue weighted by molar-refractivity contribution is -0.120. The Bertz CT molecular complexity index is 818. The first-order valence-electron chi connectivity index (χ1n) is 8.63. The van der Waals surface area contributed by atoms with E-state index in [1.165, 1.54) is 18.2 Å². The molecule has 0 unspecified atom stereocenters. The molecule has 0 spiro atoms. The standard InChI is InChI=1S/C21H23ClFNO2/c1-13(2)17-5-4-6-18(14(3)25)19(17)9-10-24-21(26)12-15-11-16(23)7-8-20(15)22/h4-8,11,13H,9-10,12H2,1-3H3,(H,24,26). The van der Waals surface area contributed by atoms with Crippen LogP contribution in [0, 0.1) is 5.82 Å². The summed E-state index contributed by atoms with van der Waals surface area (Å²) in [6, 6.07) is 9.69. The van der Waals surface area contributed by atoms with Crippen LogP contribution in [-0.4, -0.2) is 18.2 Å². The Morgan fingerprint density at radius 3 is 2.58 bits per heavy atom. The normalized spacial score (nSPS) is 10.8. The van der Waals surface area contributed by atoms with Gasteiger partial charge in [0, 0.05) is 17.1 Å². The van der Waals surface area contributed by atoms with Gasteiger partial charge in [0.1, 0.15) is 5.82 Å². The van der Waals surface area contributed by atoms with E-state index in [2.05, 4.69) is 19.2 Å². The highest BCUT2D eigenvalue weighted by molar-refractivity contribution is 6.31. The summed E-state index contributed by atoms with van der Waals surface area (Å²) in [5, 5.41) is 3.19. The molecule has 26 heavy (non-hydrogen) atoms. The molecule has 5 heteroatoms. The Labute approximate surface area is 158 Å². The molecule has 0 atom stereocenters. The van der Waals surface area contributed by atoms with Crippen molar-refractivity contribution in [2.45, 2.75) is 39.5 Å². The molecule has 3 nitrogen and oxygen atoms in total. The van der Waals surface area contributed by atoms with Crippen LogP contribution >= 0.6 is 11.6 Å². The van der Waals surface area contributed by atoms with Gasteiger partial charge in [-0.15, -0.1) is 0 Å². The molecule has 0 aliphatic heterocycles. The molecule has 0 aliphatic carbocycles. The van der Waals surface area contributed by atoms with E-state index >= 15 is 0 Å². The van der Waals surface area contributed by atoms with E-state index < -0.39 is 5.82 Å². The second kappa shape index (κ2) is 8.95. The van der Waals surface area contributed by atoms with Gasteiger partial charge in [-0.1, -0.05) is 43.6 Å². The second-order valence-electron chi connectivity index (χ2n) is 6.60. The summed E-state index contributed by atoms with van der Waals surface area (Å²) in [6.07, 6.45) is 0.577. The number of carbonyl (C=O) groups excluding carboxylic acids is 2. The first kappa shape index (κ1) is 20.1. The number of amides is 1. The smallest absolute Gasteiger partial charge is 0.224 e. The molecular weight excluding hydrogens is 353 g/mol. The topological polar surface area (TPSA) is 46.2 Å². The number of Topliss-reactive ketones (excluding diaryl/α,β-unsaturated/α-hetero) is 1. The largest absolute Gasteiger partial charge is 0.355 e. The van der Waals surface area contributed by atoms with Gasteiger partial charge >= 0.3 is 0 Å². The van der Waals surface area contributed by atoms with Crippen molar-refractivity contribution < 1.29 is 14.0 Å². The molecule has 1 amide bonds.